The summed E-state index contributed by atoms with van der Waals surface area (Å²) in [6.45, 7) is 5.84. The van der Waals surface area contributed by atoms with Gasteiger partial charge in [-0.3, -0.25) is 4.79 Å². The Bertz CT molecular complexity index is 665. The number of hydrogen-bond acceptors (Lipinski definition) is 3. The van der Waals surface area contributed by atoms with Crippen molar-refractivity contribution < 1.29 is 9.90 Å². The Morgan fingerprint density at radius 2 is 2.14 bits per heavy atom. The molecule has 0 fully saturated rings. The van der Waals surface area contributed by atoms with Crippen LogP contribution in [0.1, 0.15) is 42.7 Å². The van der Waals surface area contributed by atoms with Gasteiger partial charge in [-0.2, -0.15) is 5.10 Å². The molecule has 0 saturated carbocycles. The summed E-state index contributed by atoms with van der Waals surface area (Å²) < 4.78 is 1.73. The quantitative estimate of drug-likeness (QED) is 0.890. The Balaban J connectivity index is 2.39. The summed E-state index contributed by atoms with van der Waals surface area (Å²) in [5.41, 5.74) is 2.13. The number of nitrogens with one attached hydrogen (secondary N) is 1. The van der Waals surface area contributed by atoms with Crippen LogP contribution in [-0.2, 0) is 0 Å². The Kier molecular flexibility index (Phi) is 5.21. The van der Waals surface area contributed by atoms with Crippen molar-refractivity contribution in [2.75, 3.05) is 6.54 Å². The summed E-state index contributed by atoms with van der Waals surface area (Å²) in [6, 6.07) is 7.33. The van der Waals surface area contributed by atoms with Crippen LogP contribution < -0.4 is 5.32 Å². The van der Waals surface area contributed by atoms with E-state index >= 15 is 0 Å². The number of benzene rings is 1. The zero-order valence-electron chi connectivity index (χ0n) is 12.9. The lowest BCUT2D eigenvalue weighted by Gasteiger charge is -2.13. The predicted molar refractivity (Wildman–Crippen MR) is 86.7 cm³/mol. The number of amides is 1. The molecule has 2 aromatic rings. The van der Waals surface area contributed by atoms with Crippen molar-refractivity contribution in [3.8, 4) is 5.69 Å². The minimum absolute atomic E-state index is 0.105. The van der Waals surface area contributed by atoms with E-state index in [0.29, 0.717) is 10.6 Å². The smallest absolute Gasteiger partial charge is 0.254 e. The largest absolute Gasteiger partial charge is 0.392 e. The fourth-order valence-corrected chi connectivity index (χ4v) is 2.42. The van der Waals surface area contributed by atoms with Crippen molar-refractivity contribution in [1.29, 1.82) is 0 Å². The summed E-state index contributed by atoms with van der Waals surface area (Å²) >= 11 is 6.03. The second-order valence-electron chi connectivity index (χ2n) is 5.55. The molecule has 1 atom stereocenters. The highest BCUT2D eigenvalue weighted by atomic mass is 35.5. The zero-order chi connectivity index (χ0) is 16.3. The monoisotopic (exact) mass is 321 g/mol. The van der Waals surface area contributed by atoms with Gasteiger partial charge in [0.05, 0.1) is 29.2 Å². The van der Waals surface area contributed by atoms with E-state index in [0.717, 1.165) is 11.4 Å². The fraction of sp³-hybridized carbons (Fsp3) is 0.375. The molecule has 6 heteroatoms. The normalized spacial score (nSPS) is 12.5. The Morgan fingerprint density at radius 3 is 2.73 bits per heavy atom. The maximum absolute atomic E-state index is 12.3. The van der Waals surface area contributed by atoms with E-state index in [1.807, 2.05) is 26.0 Å². The van der Waals surface area contributed by atoms with E-state index in [1.54, 1.807) is 29.9 Å². The second kappa shape index (κ2) is 6.94. The lowest BCUT2D eigenvalue weighted by molar-refractivity contribution is 0.0922. The van der Waals surface area contributed by atoms with Crippen LogP contribution in [0.4, 0.5) is 0 Å². The third kappa shape index (κ3) is 3.67. The van der Waals surface area contributed by atoms with Gasteiger partial charge in [-0.05, 0) is 31.0 Å². The summed E-state index contributed by atoms with van der Waals surface area (Å²) in [6.07, 6.45) is 0.961. The average molecular weight is 322 g/mol. The van der Waals surface area contributed by atoms with Crippen LogP contribution in [0.5, 0.6) is 0 Å². The number of carbonyl (C=O) groups excluding carboxylic acids is 1. The van der Waals surface area contributed by atoms with Crippen LogP contribution in [0, 0.1) is 0 Å². The van der Waals surface area contributed by atoms with Crippen molar-refractivity contribution in [3.05, 3.63) is 46.7 Å². The molecule has 1 unspecified atom stereocenters. The van der Waals surface area contributed by atoms with Gasteiger partial charge in [0.1, 0.15) is 0 Å². The molecule has 2 N–H and O–H groups in total. The zero-order valence-corrected chi connectivity index (χ0v) is 13.6. The molecular formula is C16H20ClN3O2. The SMILES string of the molecule is CC(O)CNC(=O)c1cnn(-c2cccc(Cl)c2)c1C(C)C. The Hall–Kier alpha value is -1.85. The van der Waals surface area contributed by atoms with Gasteiger partial charge in [0, 0.05) is 11.6 Å². The minimum atomic E-state index is -0.588. The van der Waals surface area contributed by atoms with Gasteiger partial charge in [0.25, 0.3) is 5.91 Å². The maximum Gasteiger partial charge on any atom is 0.254 e. The molecule has 1 aromatic heterocycles. The lowest BCUT2D eigenvalue weighted by atomic mass is 10.0. The molecule has 1 aromatic carbocycles. The minimum Gasteiger partial charge on any atom is -0.392 e. The first-order chi connectivity index (χ1) is 10.4. The van der Waals surface area contributed by atoms with E-state index in [4.69, 9.17) is 11.6 Å². The summed E-state index contributed by atoms with van der Waals surface area (Å²) in [4.78, 5) is 12.3. The van der Waals surface area contributed by atoms with Crippen LogP contribution in [0.2, 0.25) is 5.02 Å². The van der Waals surface area contributed by atoms with E-state index in [1.165, 1.54) is 0 Å². The molecule has 0 aliphatic heterocycles. The van der Waals surface area contributed by atoms with E-state index < -0.39 is 6.10 Å². The van der Waals surface area contributed by atoms with E-state index in [-0.39, 0.29) is 18.4 Å². The van der Waals surface area contributed by atoms with Gasteiger partial charge < -0.3 is 10.4 Å². The number of aromatic nitrogens is 2. The number of rotatable bonds is 5. The van der Waals surface area contributed by atoms with E-state index in [9.17, 15) is 9.90 Å². The van der Waals surface area contributed by atoms with Crippen LogP contribution >= 0.6 is 11.6 Å². The molecule has 0 spiro atoms. The summed E-state index contributed by atoms with van der Waals surface area (Å²) in [7, 11) is 0. The molecule has 0 bridgehead atoms. The van der Waals surface area contributed by atoms with Crippen LogP contribution in [0.25, 0.3) is 5.69 Å². The lowest BCUT2D eigenvalue weighted by Crippen LogP contribution is -2.31. The Morgan fingerprint density at radius 1 is 1.41 bits per heavy atom. The van der Waals surface area contributed by atoms with Gasteiger partial charge in [0.2, 0.25) is 0 Å². The second-order valence-corrected chi connectivity index (χ2v) is 5.99. The van der Waals surface area contributed by atoms with Gasteiger partial charge >= 0.3 is 0 Å². The van der Waals surface area contributed by atoms with Gasteiger partial charge in [-0.15, -0.1) is 0 Å². The number of hydrogen-bond donors (Lipinski definition) is 2. The molecule has 5 nitrogen and oxygen atoms in total. The molecule has 0 aliphatic rings. The number of aliphatic hydroxyl groups excluding tert-OH is 1. The number of carbonyl (C=O) groups is 1. The third-order valence-electron chi connectivity index (χ3n) is 3.21. The van der Waals surface area contributed by atoms with Crippen molar-refractivity contribution in [1.82, 2.24) is 15.1 Å². The first kappa shape index (κ1) is 16.5. The molecule has 1 amide bonds. The molecule has 118 valence electrons. The summed E-state index contributed by atoms with van der Waals surface area (Å²) in [5.74, 6) is -0.133. The highest BCUT2D eigenvalue weighted by molar-refractivity contribution is 6.30. The average Bonchev–Trinajstić information content (AvgIpc) is 2.89. The van der Waals surface area contributed by atoms with E-state index in [2.05, 4.69) is 10.4 Å². The number of halogens is 1. The third-order valence-corrected chi connectivity index (χ3v) is 3.44. The van der Waals surface area contributed by atoms with Crippen LogP contribution in [-0.4, -0.2) is 33.4 Å². The molecule has 2 rings (SSSR count). The van der Waals surface area contributed by atoms with Crippen LogP contribution in [0.3, 0.4) is 0 Å². The first-order valence-electron chi connectivity index (χ1n) is 7.20. The number of aliphatic hydroxyl groups is 1. The Labute approximate surface area is 134 Å². The topological polar surface area (TPSA) is 67.2 Å². The van der Waals surface area contributed by atoms with Gasteiger partial charge in [-0.25, -0.2) is 4.68 Å². The standard InChI is InChI=1S/C16H20ClN3O2/c1-10(2)15-14(16(22)18-8-11(3)21)9-19-20(15)13-6-4-5-12(17)7-13/h4-7,9-11,21H,8H2,1-3H3,(H,18,22). The molecule has 0 saturated heterocycles. The maximum atomic E-state index is 12.3. The number of nitrogens with zero attached hydrogens (tertiary/aromatic N) is 2. The molecule has 1 heterocycles. The first-order valence-corrected chi connectivity index (χ1v) is 7.58. The van der Waals surface area contributed by atoms with Crippen molar-refractivity contribution in [2.24, 2.45) is 0 Å². The van der Waals surface area contributed by atoms with Gasteiger partial charge in [0.15, 0.2) is 0 Å². The molecule has 0 aliphatic carbocycles. The fourth-order valence-electron chi connectivity index (χ4n) is 2.24. The van der Waals surface area contributed by atoms with Gasteiger partial charge in [-0.1, -0.05) is 31.5 Å². The predicted octanol–water partition coefficient (Wildman–Crippen LogP) is 2.76. The summed E-state index contributed by atoms with van der Waals surface area (Å²) in [5, 5.41) is 16.9. The molecule has 0 radical (unpaired) electrons. The van der Waals surface area contributed by atoms with Crippen LogP contribution in [0.15, 0.2) is 30.5 Å². The van der Waals surface area contributed by atoms with Crippen molar-refractivity contribution in [2.45, 2.75) is 32.8 Å². The highest BCUT2D eigenvalue weighted by Gasteiger charge is 2.21. The molecule has 22 heavy (non-hydrogen) atoms. The molecular weight excluding hydrogens is 302 g/mol. The van der Waals surface area contributed by atoms with Crippen molar-refractivity contribution >= 4 is 17.5 Å². The van der Waals surface area contributed by atoms with Crippen molar-refractivity contribution in [3.63, 3.8) is 0 Å². The highest BCUT2D eigenvalue weighted by Crippen LogP contribution is 2.24.